The summed E-state index contributed by atoms with van der Waals surface area (Å²) in [6.45, 7) is 1.69. The van der Waals surface area contributed by atoms with E-state index in [1.165, 1.54) is 6.20 Å². The minimum Gasteiger partial charge on any atom is -0.494 e. The standard InChI is InChI=1S/C17H18F3N3O3S.C10H11F3O.C2H2/c1-9-2-3-13(21-5-9)11-4-14(17(18,19)20)23-16(25)12(11)6-22-15(24)10-7-27(26)8-10;11-10(12,13)7-4-8-14-9-5-2-1-3-6-9;1-2/h2-3,5,10,14H,4,6-8H2,1H3,(H,22,24)(H,23,25);1-3,5-6H,4,7-8H2;1-2H/t10?,14-,27?;;/m1../s1. The number of carbonyl (C=O) groups excluding carboxylic acids is 2. The Hall–Kier alpha value is -3.86. The summed E-state index contributed by atoms with van der Waals surface area (Å²) in [6, 6.07) is 10.1. The maximum atomic E-state index is 13.1. The summed E-state index contributed by atoms with van der Waals surface area (Å²) in [5.74, 6) is -0.488. The second-order valence-electron chi connectivity index (χ2n) is 9.52. The topological polar surface area (TPSA) is 97.4 Å². The first-order valence-corrected chi connectivity index (χ1v) is 14.4. The molecule has 1 aromatic heterocycles. The summed E-state index contributed by atoms with van der Waals surface area (Å²) in [5, 5.41) is 4.52. The van der Waals surface area contributed by atoms with Gasteiger partial charge in [0.05, 0.1) is 18.2 Å². The Morgan fingerprint density at radius 2 is 1.74 bits per heavy atom. The third-order valence-corrected chi connectivity index (χ3v) is 7.72. The molecule has 2 aromatic rings. The predicted molar refractivity (Wildman–Crippen MR) is 150 cm³/mol. The number of carbonyl (C=O) groups is 2. The van der Waals surface area contributed by atoms with Crippen molar-refractivity contribution in [1.82, 2.24) is 15.6 Å². The fourth-order valence-corrected chi connectivity index (χ4v) is 5.00. The number of terminal acetylenes is 1. The highest BCUT2D eigenvalue weighted by molar-refractivity contribution is 7.86. The van der Waals surface area contributed by atoms with E-state index >= 15 is 0 Å². The van der Waals surface area contributed by atoms with Crippen LogP contribution in [0.25, 0.3) is 5.57 Å². The van der Waals surface area contributed by atoms with Gasteiger partial charge in [-0.05, 0) is 42.7 Å². The molecule has 2 N–H and O–H groups in total. The van der Waals surface area contributed by atoms with E-state index in [-0.39, 0.29) is 59.7 Å². The monoisotopic (exact) mass is 631 g/mol. The number of ether oxygens (including phenoxy) is 1. The molecule has 7 nitrogen and oxygen atoms in total. The Morgan fingerprint density at radius 3 is 2.28 bits per heavy atom. The third kappa shape index (κ3) is 11.7. The van der Waals surface area contributed by atoms with E-state index < -0.39 is 47.9 Å². The maximum Gasteiger partial charge on any atom is 0.408 e. The summed E-state index contributed by atoms with van der Waals surface area (Å²) in [6.07, 6.45) is -0.407. The van der Waals surface area contributed by atoms with Crippen molar-refractivity contribution in [2.45, 2.75) is 44.6 Å². The number of pyridine rings is 1. The number of hydrogen-bond donors (Lipinski definition) is 2. The van der Waals surface area contributed by atoms with Gasteiger partial charge >= 0.3 is 12.4 Å². The van der Waals surface area contributed by atoms with Gasteiger partial charge in [0.2, 0.25) is 11.8 Å². The van der Waals surface area contributed by atoms with Gasteiger partial charge in [0.15, 0.2) is 0 Å². The van der Waals surface area contributed by atoms with E-state index in [9.17, 15) is 40.1 Å². The second-order valence-corrected chi connectivity index (χ2v) is 11.1. The highest BCUT2D eigenvalue weighted by atomic mass is 32.2. The molecule has 0 unspecified atom stereocenters. The molecule has 3 heterocycles. The molecule has 0 radical (unpaired) electrons. The van der Waals surface area contributed by atoms with E-state index in [2.05, 4.69) is 23.1 Å². The van der Waals surface area contributed by atoms with Crippen LogP contribution in [0.3, 0.4) is 0 Å². The highest BCUT2D eigenvalue weighted by Crippen LogP contribution is 2.33. The molecule has 2 aliphatic heterocycles. The van der Waals surface area contributed by atoms with Gasteiger partial charge in [-0.1, -0.05) is 24.3 Å². The van der Waals surface area contributed by atoms with Gasteiger partial charge < -0.3 is 15.4 Å². The van der Waals surface area contributed by atoms with Crippen LogP contribution in [0, 0.1) is 25.7 Å². The average molecular weight is 632 g/mol. The molecule has 0 saturated carbocycles. The molecule has 1 atom stereocenters. The number of amides is 2. The molecule has 0 bridgehead atoms. The first kappa shape index (κ1) is 35.3. The normalized spacial score (nSPS) is 19.8. The van der Waals surface area contributed by atoms with Crippen LogP contribution in [0.2, 0.25) is 0 Å². The van der Waals surface area contributed by atoms with Gasteiger partial charge in [0, 0.05) is 53.5 Å². The minimum absolute atomic E-state index is 0.00159. The molecular formula is C29H31F6N3O4S. The molecule has 0 spiro atoms. The van der Waals surface area contributed by atoms with Crippen molar-refractivity contribution in [1.29, 1.82) is 0 Å². The van der Waals surface area contributed by atoms with E-state index in [4.69, 9.17) is 4.74 Å². The smallest absolute Gasteiger partial charge is 0.408 e. The molecule has 234 valence electrons. The first-order valence-electron chi connectivity index (χ1n) is 13.0. The first-order chi connectivity index (χ1) is 20.2. The van der Waals surface area contributed by atoms with Crippen molar-refractivity contribution in [2.75, 3.05) is 24.7 Å². The number of benzene rings is 1. The largest absolute Gasteiger partial charge is 0.494 e. The fourth-order valence-electron chi connectivity index (χ4n) is 3.90. The minimum atomic E-state index is -4.59. The number of alkyl halides is 6. The lowest BCUT2D eigenvalue weighted by molar-refractivity contribution is -0.160. The van der Waals surface area contributed by atoms with E-state index in [1.54, 1.807) is 43.3 Å². The number of aryl methyl sites for hydroxylation is 1. The molecule has 2 aliphatic rings. The van der Waals surface area contributed by atoms with Crippen molar-refractivity contribution in [3.63, 3.8) is 0 Å². The van der Waals surface area contributed by atoms with Crippen molar-refractivity contribution >= 4 is 28.2 Å². The van der Waals surface area contributed by atoms with Crippen molar-refractivity contribution in [2.24, 2.45) is 5.92 Å². The van der Waals surface area contributed by atoms with Crippen molar-refractivity contribution in [3.8, 4) is 18.6 Å². The zero-order chi connectivity index (χ0) is 32.2. The zero-order valence-corrected chi connectivity index (χ0v) is 24.0. The number of hydrogen-bond acceptors (Lipinski definition) is 5. The average Bonchev–Trinajstić information content (AvgIpc) is 2.94. The van der Waals surface area contributed by atoms with Crippen LogP contribution in [0.15, 0.2) is 54.2 Å². The molecule has 14 heteroatoms. The molecule has 1 saturated heterocycles. The number of halogens is 6. The summed E-state index contributed by atoms with van der Waals surface area (Å²) >= 11 is 0. The Kier molecular flexibility index (Phi) is 13.2. The molecule has 2 amide bonds. The zero-order valence-electron chi connectivity index (χ0n) is 23.1. The summed E-state index contributed by atoms with van der Waals surface area (Å²) in [7, 11) is -0.999. The number of para-hydroxylation sites is 1. The fraction of sp³-hybridized carbons (Fsp3) is 0.414. The van der Waals surface area contributed by atoms with Crippen molar-refractivity contribution < 1.29 is 44.9 Å². The molecule has 4 rings (SSSR count). The number of aromatic nitrogens is 1. The lowest BCUT2D eigenvalue weighted by Gasteiger charge is -2.30. The SMILES string of the molecule is C#C.Cc1ccc(C2=C(CNC(=O)C3CS(=O)C3)C(=O)N[C@@H](C(F)(F)F)C2)nc1.FC(F)(F)CCCOc1ccccc1. The molecular weight excluding hydrogens is 600 g/mol. The highest BCUT2D eigenvalue weighted by Gasteiger charge is 2.45. The van der Waals surface area contributed by atoms with E-state index in [1.807, 2.05) is 11.4 Å². The third-order valence-electron chi connectivity index (χ3n) is 6.17. The van der Waals surface area contributed by atoms with Gasteiger partial charge in [0.25, 0.3) is 0 Å². The summed E-state index contributed by atoms with van der Waals surface area (Å²) in [4.78, 5) is 28.5. The lowest BCUT2D eigenvalue weighted by atomic mass is 9.91. The van der Waals surface area contributed by atoms with Crippen LogP contribution < -0.4 is 15.4 Å². The quantitative estimate of drug-likeness (QED) is 0.249. The van der Waals surface area contributed by atoms with Crippen LogP contribution in [0.5, 0.6) is 5.75 Å². The summed E-state index contributed by atoms with van der Waals surface area (Å²) in [5.41, 5.74) is 1.33. The Bertz CT molecular complexity index is 1290. The molecule has 43 heavy (non-hydrogen) atoms. The van der Waals surface area contributed by atoms with Crippen LogP contribution in [-0.4, -0.2) is 64.1 Å². The Morgan fingerprint density at radius 1 is 1.09 bits per heavy atom. The van der Waals surface area contributed by atoms with Gasteiger partial charge in [-0.2, -0.15) is 26.3 Å². The lowest BCUT2D eigenvalue weighted by Crippen LogP contribution is -2.51. The van der Waals surface area contributed by atoms with E-state index in [0.29, 0.717) is 5.75 Å². The molecule has 1 aromatic carbocycles. The van der Waals surface area contributed by atoms with Gasteiger partial charge in [0.1, 0.15) is 11.8 Å². The molecule has 0 aliphatic carbocycles. The van der Waals surface area contributed by atoms with Crippen LogP contribution in [0.1, 0.15) is 30.5 Å². The van der Waals surface area contributed by atoms with E-state index in [0.717, 1.165) is 5.56 Å². The number of nitrogens with zero attached hydrogens (tertiary/aromatic N) is 1. The van der Waals surface area contributed by atoms with Crippen LogP contribution in [0.4, 0.5) is 26.3 Å². The van der Waals surface area contributed by atoms with Crippen molar-refractivity contribution in [3.05, 3.63) is 65.5 Å². The maximum absolute atomic E-state index is 13.1. The Balaban J connectivity index is 0.000000340. The van der Waals surface area contributed by atoms with Gasteiger partial charge in [-0.15, -0.1) is 12.8 Å². The number of nitrogens with one attached hydrogen (secondary N) is 2. The molecule has 1 fully saturated rings. The second kappa shape index (κ2) is 16.1. The van der Waals surface area contributed by atoms with Crippen LogP contribution in [-0.2, 0) is 20.4 Å². The summed E-state index contributed by atoms with van der Waals surface area (Å²) < 4.78 is 90.8. The van der Waals surface area contributed by atoms with Crippen LogP contribution >= 0.6 is 0 Å². The predicted octanol–water partition coefficient (Wildman–Crippen LogP) is 4.75. The van der Waals surface area contributed by atoms with Gasteiger partial charge in [-0.25, -0.2) is 0 Å². The Labute approximate surface area is 247 Å². The van der Waals surface area contributed by atoms with Gasteiger partial charge in [-0.3, -0.25) is 18.8 Å². The number of rotatable bonds is 8.